The van der Waals surface area contributed by atoms with E-state index in [1.807, 2.05) is 18.2 Å². The SMILES string of the molecule is c1ccc2c(c1)CC(NCc1cc3ccccc3o1)C2. The summed E-state index contributed by atoms with van der Waals surface area (Å²) >= 11 is 0. The van der Waals surface area contributed by atoms with E-state index in [9.17, 15) is 0 Å². The first-order valence-corrected chi connectivity index (χ1v) is 7.16. The van der Waals surface area contributed by atoms with E-state index in [1.54, 1.807) is 0 Å². The number of furan rings is 1. The van der Waals surface area contributed by atoms with Gasteiger partial charge in [0, 0.05) is 11.4 Å². The normalized spacial score (nSPS) is 14.8. The van der Waals surface area contributed by atoms with Crippen LogP contribution >= 0.6 is 0 Å². The van der Waals surface area contributed by atoms with Gasteiger partial charge in [-0.15, -0.1) is 0 Å². The molecule has 0 spiro atoms. The fourth-order valence-corrected chi connectivity index (χ4v) is 3.07. The number of para-hydroxylation sites is 1. The predicted molar refractivity (Wildman–Crippen MR) is 80.7 cm³/mol. The van der Waals surface area contributed by atoms with Crippen molar-refractivity contribution in [2.24, 2.45) is 0 Å². The fraction of sp³-hybridized carbons (Fsp3) is 0.222. The summed E-state index contributed by atoms with van der Waals surface area (Å²) in [4.78, 5) is 0. The summed E-state index contributed by atoms with van der Waals surface area (Å²) in [5.41, 5.74) is 3.93. The summed E-state index contributed by atoms with van der Waals surface area (Å²) in [6, 6.07) is 19.5. The van der Waals surface area contributed by atoms with Crippen LogP contribution in [0.1, 0.15) is 16.9 Å². The van der Waals surface area contributed by atoms with Crippen molar-refractivity contribution in [2.45, 2.75) is 25.4 Å². The summed E-state index contributed by atoms with van der Waals surface area (Å²) in [6.07, 6.45) is 2.24. The van der Waals surface area contributed by atoms with Crippen LogP contribution in [0.4, 0.5) is 0 Å². The quantitative estimate of drug-likeness (QED) is 0.779. The van der Waals surface area contributed by atoms with Gasteiger partial charge < -0.3 is 9.73 Å². The van der Waals surface area contributed by atoms with Gasteiger partial charge in [-0.2, -0.15) is 0 Å². The molecule has 2 heteroatoms. The summed E-state index contributed by atoms with van der Waals surface area (Å²) in [7, 11) is 0. The van der Waals surface area contributed by atoms with Crippen LogP contribution in [0, 0.1) is 0 Å². The largest absolute Gasteiger partial charge is 0.460 e. The third-order valence-corrected chi connectivity index (χ3v) is 4.09. The summed E-state index contributed by atoms with van der Waals surface area (Å²) in [5, 5.41) is 4.79. The number of hydrogen-bond acceptors (Lipinski definition) is 2. The molecular formula is C18H17NO. The molecule has 0 unspecified atom stereocenters. The smallest absolute Gasteiger partial charge is 0.134 e. The Hall–Kier alpha value is -2.06. The molecule has 100 valence electrons. The molecule has 1 N–H and O–H groups in total. The summed E-state index contributed by atoms with van der Waals surface area (Å²) < 4.78 is 5.84. The van der Waals surface area contributed by atoms with Crippen LogP contribution in [0.25, 0.3) is 11.0 Å². The maximum Gasteiger partial charge on any atom is 0.134 e. The second-order valence-corrected chi connectivity index (χ2v) is 5.51. The topological polar surface area (TPSA) is 25.2 Å². The molecule has 2 aromatic carbocycles. The minimum absolute atomic E-state index is 0.528. The lowest BCUT2D eigenvalue weighted by Crippen LogP contribution is -2.28. The Labute approximate surface area is 118 Å². The van der Waals surface area contributed by atoms with Gasteiger partial charge in [0.05, 0.1) is 6.54 Å². The van der Waals surface area contributed by atoms with Crippen LogP contribution in [0.3, 0.4) is 0 Å². The van der Waals surface area contributed by atoms with Crippen LogP contribution in [0.5, 0.6) is 0 Å². The van der Waals surface area contributed by atoms with E-state index in [0.717, 1.165) is 30.7 Å². The molecule has 2 nitrogen and oxygen atoms in total. The van der Waals surface area contributed by atoms with Crippen molar-refractivity contribution >= 4 is 11.0 Å². The Morgan fingerprint density at radius 1 is 0.950 bits per heavy atom. The maximum atomic E-state index is 5.84. The molecule has 0 bridgehead atoms. The van der Waals surface area contributed by atoms with E-state index >= 15 is 0 Å². The first-order valence-electron chi connectivity index (χ1n) is 7.16. The highest BCUT2D eigenvalue weighted by Gasteiger charge is 2.20. The monoisotopic (exact) mass is 263 g/mol. The molecule has 1 aromatic heterocycles. The molecule has 0 fully saturated rings. The fourth-order valence-electron chi connectivity index (χ4n) is 3.07. The Bertz CT molecular complexity index is 686. The predicted octanol–water partition coefficient (Wildman–Crippen LogP) is 3.69. The van der Waals surface area contributed by atoms with E-state index in [2.05, 4.69) is 41.7 Å². The second-order valence-electron chi connectivity index (χ2n) is 5.51. The van der Waals surface area contributed by atoms with Gasteiger partial charge in [-0.3, -0.25) is 0 Å². The number of benzene rings is 2. The average molecular weight is 263 g/mol. The molecule has 20 heavy (non-hydrogen) atoms. The number of fused-ring (bicyclic) bond motifs is 2. The average Bonchev–Trinajstić information content (AvgIpc) is 3.07. The van der Waals surface area contributed by atoms with Gasteiger partial charge in [0.15, 0.2) is 0 Å². The maximum absolute atomic E-state index is 5.84. The van der Waals surface area contributed by atoms with Crippen molar-refractivity contribution in [2.75, 3.05) is 0 Å². The lowest BCUT2D eigenvalue weighted by atomic mass is 10.1. The van der Waals surface area contributed by atoms with E-state index < -0.39 is 0 Å². The lowest BCUT2D eigenvalue weighted by Gasteiger charge is -2.09. The number of nitrogens with one attached hydrogen (secondary N) is 1. The molecule has 0 saturated heterocycles. The van der Waals surface area contributed by atoms with Crippen LogP contribution in [-0.2, 0) is 19.4 Å². The Kier molecular flexibility index (Phi) is 2.82. The molecule has 0 saturated carbocycles. The highest BCUT2D eigenvalue weighted by Crippen LogP contribution is 2.23. The van der Waals surface area contributed by atoms with Gasteiger partial charge in [0.1, 0.15) is 11.3 Å². The molecule has 4 rings (SSSR count). The van der Waals surface area contributed by atoms with Gasteiger partial charge in [-0.25, -0.2) is 0 Å². The third-order valence-electron chi connectivity index (χ3n) is 4.09. The first-order chi connectivity index (χ1) is 9.88. The molecule has 0 radical (unpaired) electrons. The molecule has 3 aromatic rings. The van der Waals surface area contributed by atoms with E-state index in [1.165, 1.54) is 16.5 Å². The second kappa shape index (κ2) is 4.80. The summed E-state index contributed by atoms with van der Waals surface area (Å²) in [6.45, 7) is 0.799. The van der Waals surface area contributed by atoms with Crippen LogP contribution in [0.2, 0.25) is 0 Å². The summed E-state index contributed by atoms with van der Waals surface area (Å²) in [5.74, 6) is 1.02. The molecule has 1 aliphatic carbocycles. The van der Waals surface area contributed by atoms with E-state index in [4.69, 9.17) is 4.42 Å². The third kappa shape index (κ3) is 2.12. The van der Waals surface area contributed by atoms with Crippen molar-refractivity contribution < 1.29 is 4.42 Å². The lowest BCUT2D eigenvalue weighted by molar-refractivity contribution is 0.466. The zero-order valence-corrected chi connectivity index (χ0v) is 11.3. The van der Waals surface area contributed by atoms with Crippen LogP contribution in [0.15, 0.2) is 59.0 Å². The Morgan fingerprint density at radius 2 is 1.65 bits per heavy atom. The Morgan fingerprint density at radius 3 is 2.40 bits per heavy atom. The van der Waals surface area contributed by atoms with Gasteiger partial charge in [-0.1, -0.05) is 42.5 Å². The molecule has 0 atom stereocenters. The molecule has 0 amide bonds. The van der Waals surface area contributed by atoms with E-state index in [0.29, 0.717) is 6.04 Å². The van der Waals surface area contributed by atoms with Crippen molar-refractivity contribution in [3.05, 3.63) is 71.5 Å². The Balaban J connectivity index is 1.44. The minimum atomic E-state index is 0.528. The van der Waals surface area contributed by atoms with Gasteiger partial charge in [-0.05, 0) is 36.1 Å². The van der Waals surface area contributed by atoms with Gasteiger partial charge >= 0.3 is 0 Å². The highest BCUT2D eigenvalue weighted by molar-refractivity contribution is 5.77. The zero-order valence-electron chi connectivity index (χ0n) is 11.3. The molecule has 0 aliphatic heterocycles. The molecule has 1 aliphatic rings. The van der Waals surface area contributed by atoms with Crippen molar-refractivity contribution in [1.29, 1.82) is 0 Å². The number of rotatable bonds is 3. The van der Waals surface area contributed by atoms with Crippen molar-refractivity contribution in [3.63, 3.8) is 0 Å². The highest BCUT2D eigenvalue weighted by atomic mass is 16.3. The van der Waals surface area contributed by atoms with Gasteiger partial charge in [0.2, 0.25) is 0 Å². The van der Waals surface area contributed by atoms with Crippen LogP contribution in [-0.4, -0.2) is 6.04 Å². The van der Waals surface area contributed by atoms with Crippen molar-refractivity contribution in [1.82, 2.24) is 5.32 Å². The first kappa shape index (κ1) is 11.7. The van der Waals surface area contributed by atoms with Crippen LogP contribution < -0.4 is 5.32 Å². The standard InChI is InChI=1S/C18H17NO/c1-2-6-14-10-16(9-13(14)5-1)19-12-17-11-15-7-3-4-8-18(15)20-17/h1-8,11,16,19H,9-10,12H2. The van der Waals surface area contributed by atoms with E-state index in [-0.39, 0.29) is 0 Å². The minimum Gasteiger partial charge on any atom is -0.460 e. The molecular weight excluding hydrogens is 246 g/mol. The van der Waals surface area contributed by atoms with Crippen molar-refractivity contribution in [3.8, 4) is 0 Å². The number of hydrogen-bond donors (Lipinski definition) is 1. The zero-order chi connectivity index (χ0) is 13.4. The van der Waals surface area contributed by atoms with Gasteiger partial charge in [0.25, 0.3) is 0 Å². The molecule has 1 heterocycles.